The molecule has 0 amide bonds. The lowest BCUT2D eigenvalue weighted by molar-refractivity contribution is -0.114. The molecule has 0 aliphatic rings. The zero-order chi connectivity index (χ0) is 8.81. The van der Waals surface area contributed by atoms with E-state index in [1.54, 1.807) is 0 Å². The first-order chi connectivity index (χ1) is 5.83. The van der Waals surface area contributed by atoms with Crippen LogP contribution >= 0.6 is 0 Å². The molecule has 1 rings (SSSR count). The molecule has 1 nitrogen and oxygen atoms in total. The monoisotopic (exact) mass is 158 g/mol. The fourth-order valence-corrected chi connectivity index (χ4v) is 0.962. The largest absolute Gasteiger partial charge is 0.294 e. The highest BCUT2D eigenvalue weighted by molar-refractivity contribution is 5.91. The first-order valence-corrected chi connectivity index (χ1v) is 3.75. The summed E-state index contributed by atoms with van der Waals surface area (Å²) in [5.41, 5.74) is 3.49. The Morgan fingerprint density at radius 2 is 2.08 bits per heavy atom. The first kappa shape index (κ1) is 8.51. The third kappa shape index (κ3) is 2.57. The third-order valence-electron chi connectivity index (χ3n) is 1.48. The van der Waals surface area contributed by atoms with E-state index in [0.717, 1.165) is 5.56 Å². The van der Waals surface area contributed by atoms with Gasteiger partial charge < -0.3 is 0 Å². The molecule has 0 N–H and O–H groups in total. The Bertz CT molecular complexity index is 305. The molecule has 0 heterocycles. The Labute approximate surface area is 72.0 Å². The lowest BCUT2D eigenvalue weighted by Crippen LogP contribution is -1.96. The molecule has 0 saturated heterocycles. The number of ketones is 1. The van der Waals surface area contributed by atoms with Crippen LogP contribution in [0.4, 0.5) is 0 Å². The van der Waals surface area contributed by atoms with E-state index in [-0.39, 0.29) is 5.78 Å². The average Bonchev–Trinajstić information content (AvgIpc) is 2.06. The minimum atomic E-state index is 0.0381. The first-order valence-electron chi connectivity index (χ1n) is 3.75. The molecule has 1 aromatic rings. The summed E-state index contributed by atoms with van der Waals surface area (Å²) < 4.78 is 0. The van der Waals surface area contributed by atoms with E-state index in [9.17, 15) is 4.79 Å². The van der Waals surface area contributed by atoms with Crippen molar-refractivity contribution in [1.29, 1.82) is 0 Å². The maximum Gasteiger partial charge on any atom is 0.167 e. The van der Waals surface area contributed by atoms with Gasteiger partial charge in [-0.1, -0.05) is 36.9 Å². The summed E-state index contributed by atoms with van der Waals surface area (Å²) in [4.78, 5) is 11.1. The Kier molecular flexibility index (Phi) is 3.06. The van der Waals surface area contributed by atoms with Crippen LogP contribution in [0, 0.1) is 0 Å². The van der Waals surface area contributed by atoms with Crippen molar-refractivity contribution >= 4 is 5.78 Å². The summed E-state index contributed by atoms with van der Waals surface area (Å²) >= 11 is 0. The normalized spacial score (nSPS) is 8.67. The number of hydrogen-bond acceptors (Lipinski definition) is 1. The number of carbonyl (C=O) groups excluding carboxylic acids is 1. The van der Waals surface area contributed by atoms with E-state index in [1.165, 1.54) is 6.08 Å². The van der Waals surface area contributed by atoms with Gasteiger partial charge in [0.05, 0.1) is 0 Å². The zero-order valence-corrected chi connectivity index (χ0v) is 6.79. The smallest absolute Gasteiger partial charge is 0.167 e. The summed E-state index contributed by atoms with van der Waals surface area (Å²) in [5, 5.41) is 0. The maximum atomic E-state index is 11.1. The molecule has 1 heteroatoms. The van der Waals surface area contributed by atoms with Crippen molar-refractivity contribution in [3.63, 3.8) is 0 Å². The van der Waals surface area contributed by atoms with Gasteiger partial charge in [-0.15, -0.1) is 5.73 Å². The van der Waals surface area contributed by atoms with E-state index in [2.05, 4.69) is 12.3 Å². The van der Waals surface area contributed by atoms with Crippen molar-refractivity contribution in [3.8, 4) is 0 Å². The van der Waals surface area contributed by atoms with Crippen LogP contribution in [0.1, 0.15) is 5.56 Å². The standard InChI is InChI=1S/C11H10O/c1-2-6-11(12)9-10-7-4-3-5-8-10/h3-8H,1,9H2. The molecule has 1 aromatic carbocycles. The molecule has 0 aliphatic carbocycles. The Morgan fingerprint density at radius 3 is 2.67 bits per heavy atom. The Balaban J connectivity index is 2.64. The van der Waals surface area contributed by atoms with Gasteiger partial charge in [-0.05, 0) is 5.56 Å². The van der Waals surface area contributed by atoms with Crippen LogP contribution in [0.15, 0.2) is 48.7 Å². The fourth-order valence-electron chi connectivity index (χ4n) is 0.962. The molecule has 0 aromatic heterocycles. The Hall–Kier alpha value is -1.59. The van der Waals surface area contributed by atoms with Gasteiger partial charge in [0.15, 0.2) is 5.78 Å². The minimum absolute atomic E-state index is 0.0381. The van der Waals surface area contributed by atoms with Gasteiger partial charge in [0.2, 0.25) is 0 Å². The number of rotatable bonds is 3. The highest BCUT2D eigenvalue weighted by Crippen LogP contribution is 1.99. The summed E-state index contributed by atoms with van der Waals surface area (Å²) in [6, 6.07) is 9.61. The molecule has 0 bridgehead atoms. The van der Waals surface area contributed by atoms with Gasteiger partial charge in [-0.25, -0.2) is 0 Å². The highest BCUT2D eigenvalue weighted by Gasteiger charge is 1.96. The number of allylic oxidation sites excluding steroid dienone is 1. The molecule has 0 radical (unpaired) electrons. The maximum absolute atomic E-state index is 11.1. The van der Waals surface area contributed by atoms with Crippen molar-refractivity contribution in [1.82, 2.24) is 0 Å². The van der Waals surface area contributed by atoms with Crippen LogP contribution in [0.3, 0.4) is 0 Å². The van der Waals surface area contributed by atoms with Crippen LogP contribution in [0.2, 0.25) is 0 Å². The molecule has 0 aliphatic heterocycles. The summed E-state index contributed by atoms with van der Waals surface area (Å²) in [5.74, 6) is 0.0381. The van der Waals surface area contributed by atoms with Crippen molar-refractivity contribution in [2.75, 3.05) is 0 Å². The van der Waals surface area contributed by atoms with Crippen LogP contribution in [-0.2, 0) is 11.2 Å². The second kappa shape index (κ2) is 4.32. The quantitative estimate of drug-likeness (QED) is 0.486. The van der Waals surface area contributed by atoms with Gasteiger partial charge in [0.25, 0.3) is 0 Å². The van der Waals surface area contributed by atoms with Crippen molar-refractivity contribution in [2.24, 2.45) is 0 Å². The topological polar surface area (TPSA) is 17.1 Å². The molecule has 60 valence electrons. The van der Waals surface area contributed by atoms with Crippen molar-refractivity contribution in [2.45, 2.75) is 6.42 Å². The van der Waals surface area contributed by atoms with E-state index in [4.69, 9.17) is 0 Å². The van der Waals surface area contributed by atoms with Crippen molar-refractivity contribution in [3.05, 3.63) is 54.3 Å². The summed E-state index contributed by atoms with van der Waals surface area (Å²) in [6.07, 6.45) is 1.80. The van der Waals surface area contributed by atoms with Gasteiger partial charge in [-0.3, -0.25) is 4.79 Å². The van der Waals surface area contributed by atoms with Gasteiger partial charge in [0.1, 0.15) is 0 Å². The van der Waals surface area contributed by atoms with Gasteiger partial charge >= 0.3 is 0 Å². The van der Waals surface area contributed by atoms with Crippen LogP contribution in [0.25, 0.3) is 0 Å². The molecule has 0 fully saturated rings. The zero-order valence-electron chi connectivity index (χ0n) is 6.79. The van der Waals surface area contributed by atoms with E-state index in [1.807, 2.05) is 30.3 Å². The second-order valence-corrected chi connectivity index (χ2v) is 2.48. The molecule has 0 spiro atoms. The second-order valence-electron chi connectivity index (χ2n) is 2.48. The van der Waals surface area contributed by atoms with Crippen LogP contribution in [-0.4, -0.2) is 5.78 Å². The van der Waals surface area contributed by atoms with Gasteiger partial charge in [0, 0.05) is 12.5 Å². The molecular weight excluding hydrogens is 148 g/mol. The number of hydrogen-bond donors (Lipinski definition) is 0. The molecule has 12 heavy (non-hydrogen) atoms. The lowest BCUT2D eigenvalue weighted by atomic mass is 10.1. The van der Waals surface area contributed by atoms with Gasteiger partial charge in [-0.2, -0.15) is 0 Å². The summed E-state index contributed by atoms with van der Waals surface area (Å²) in [7, 11) is 0. The molecule has 0 unspecified atom stereocenters. The average molecular weight is 158 g/mol. The number of carbonyl (C=O) groups is 1. The fraction of sp³-hybridized carbons (Fsp3) is 0.0909. The SMILES string of the molecule is C=C=CC(=O)Cc1ccccc1. The number of benzene rings is 1. The van der Waals surface area contributed by atoms with Crippen LogP contribution in [0.5, 0.6) is 0 Å². The predicted octanol–water partition coefficient (Wildman–Crippen LogP) is 2.14. The van der Waals surface area contributed by atoms with Crippen molar-refractivity contribution < 1.29 is 4.79 Å². The molecular formula is C11H10O. The van der Waals surface area contributed by atoms with Crippen LogP contribution < -0.4 is 0 Å². The summed E-state index contributed by atoms with van der Waals surface area (Å²) in [6.45, 7) is 3.34. The Morgan fingerprint density at radius 1 is 1.42 bits per heavy atom. The lowest BCUT2D eigenvalue weighted by Gasteiger charge is -1.94. The molecule has 0 atom stereocenters. The van der Waals surface area contributed by atoms with E-state index < -0.39 is 0 Å². The minimum Gasteiger partial charge on any atom is -0.294 e. The highest BCUT2D eigenvalue weighted by atomic mass is 16.1. The third-order valence-corrected chi connectivity index (χ3v) is 1.48. The molecule has 0 saturated carbocycles. The van der Waals surface area contributed by atoms with E-state index >= 15 is 0 Å². The predicted molar refractivity (Wildman–Crippen MR) is 48.9 cm³/mol. The van der Waals surface area contributed by atoms with E-state index in [0.29, 0.717) is 6.42 Å².